The normalized spacial score (nSPS) is 21.8. The molecule has 4 heterocycles. The van der Waals surface area contributed by atoms with Crippen LogP contribution in [0, 0.1) is 23.3 Å². The predicted octanol–water partition coefficient (Wildman–Crippen LogP) is 10.3. The van der Waals surface area contributed by atoms with Crippen molar-refractivity contribution in [2.75, 3.05) is 39.3 Å². The highest BCUT2D eigenvalue weighted by atomic mass is 19.1. The fraction of sp³-hybridized carbons (Fsp3) is 0.371. The highest BCUT2D eigenvalue weighted by molar-refractivity contribution is 5.99. The van der Waals surface area contributed by atoms with E-state index in [1.165, 1.54) is 29.3 Å². The van der Waals surface area contributed by atoms with Gasteiger partial charge in [-0.2, -0.15) is 0 Å². The zero-order valence-corrected chi connectivity index (χ0v) is 44.5. The predicted molar refractivity (Wildman–Crippen MR) is 295 cm³/mol. The Labute approximate surface area is 463 Å². The van der Waals surface area contributed by atoms with E-state index in [1.54, 1.807) is 22.5 Å². The van der Waals surface area contributed by atoms with Gasteiger partial charge in [0.1, 0.15) is 23.3 Å². The van der Waals surface area contributed by atoms with Crippen LogP contribution in [0.5, 0.6) is 0 Å². The van der Waals surface area contributed by atoms with E-state index in [4.69, 9.17) is 9.97 Å². The molecule has 2 saturated carbocycles. The number of carbonyl (C=O) groups is 3. The number of hydrazine groups is 1. The quantitative estimate of drug-likeness (QED) is 0.0675. The number of amides is 3. The van der Waals surface area contributed by atoms with Crippen LogP contribution in [0.2, 0.25) is 0 Å². The van der Waals surface area contributed by atoms with Crippen LogP contribution in [0.25, 0.3) is 22.5 Å². The summed E-state index contributed by atoms with van der Waals surface area (Å²) in [6.45, 7) is 3.31. The summed E-state index contributed by atoms with van der Waals surface area (Å²) in [6, 6.07) is 33.4. The highest BCUT2D eigenvalue weighted by Crippen LogP contribution is 2.40. The molecule has 2 aliphatic heterocycles. The van der Waals surface area contributed by atoms with E-state index in [0.29, 0.717) is 94.0 Å². The van der Waals surface area contributed by atoms with Crippen molar-refractivity contribution in [3.8, 4) is 22.5 Å². The summed E-state index contributed by atoms with van der Waals surface area (Å²) in [6.07, 6.45) is 8.35. The van der Waals surface area contributed by atoms with Gasteiger partial charge in [0.2, 0.25) is 0 Å². The third-order valence-electron chi connectivity index (χ3n) is 16.5. The third-order valence-corrected chi connectivity index (χ3v) is 16.5. The highest BCUT2D eigenvalue weighted by Gasteiger charge is 2.42. The Balaban J connectivity index is 0.897. The Hall–Kier alpha value is -7.67. The van der Waals surface area contributed by atoms with E-state index < -0.39 is 59.6 Å². The molecule has 5 aromatic carbocycles. The second kappa shape index (κ2) is 24.4. The largest absolute Gasteiger partial charge is 0.464 e. The van der Waals surface area contributed by atoms with Crippen molar-refractivity contribution in [1.82, 2.24) is 49.6 Å². The lowest BCUT2D eigenvalue weighted by Crippen LogP contribution is -2.58. The molecule has 4 aliphatic rings. The number of imidazole rings is 2. The van der Waals surface area contributed by atoms with E-state index >= 15 is 4.79 Å². The Morgan fingerprint density at radius 3 is 1.66 bits per heavy atom. The van der Waals surface area contributed by atoms with Crippen LogP contribution in [0.15, 0.2) is 140 Å². The zero-order valence-electron chi connectivity index (χ0n) is 44.5. The minimum Gasteiger partial charge on any atom is -0.464 e. The summed E-state index contributed by atoms with van der Waals surface area (Å²) in [5.74, 6) is -3.37. The number of hydrogen-bond donors (Lipinski definition) is 3. The maximum atomic E-state index is 15.3. The molecule has 2 aromatic heterocycles. The minimum absolute atomic E-state index is 0.210. The van der Waals surface area contributed by atoms with Gasteiger partial charge in [-0.15, -0.1) is 0 Å². The van der Waals surface area contributed by atoms with Crippen molar-refractivity contribution in [3.63, 3.8) is 0 Å². The molecule has 3 N–H and O–H groups in total. The van der Waals surface area contributed by atoms with Gasteiger partial charge in [0.05, 0.1) is 42.2 Å². The number of benzene rings is 5. The zero-order chi connectivity index (χ0) is 55.3. The standard InChI is InChI=1S/C62H66F4N10O4/c63-46-28-42(29-47(64)34-46)32-50-36-67-24-25-72(50)60(77)57-59(45-18-8-3-9-19-45)75(40-69-57)54-22-12-13-23-55(54)76(62(79)80)70-52-20-10-11-21-53(52)74-39-68-56(58(74)44-16-6-2-7-17-44)61(78)73-27-26-71(37-41-14-4-1-5-15-41)38-51(73)33-43-30-48(65)35-49(66)31-43/h1-9,14-19,28-31,34-35,39-40,50-55,67,70H,10-13,20-27,32-33,36-38H2,(H,79,80)/t50-,51-,52+,53+,54+,55+/m1/s1. The summed E-state index contributed by atoms with van der Waals surface area (Å²) in [5.41, 5.74) is 8.67. The molecular formula is C62H66F4N10O4. The number of nitrogens with one attached hydrogen (secondary N) is 2. The van der Waals surface area contributed by atoms with Gasteiger partial charge in [-0.25, -0.2) is 42.8 Å². The number of rotatable bonds is 15. The summed E-state index contributed by atoms with van der Waals surface area (Å²) in [5, 5.41) is 16.0. The Morgan fingerprint density at radius 1 is 0.588 bits per heavy atom. The second-order valence-electron chi connectivity index (χ2n) is 21.8. The molecule has 3 amide bonds. The van der Waals surface area contributed by atoms with E-state index in [2.05, 4.69) is 27.8 Å². The van der Waals surface area contributed by atoms with E-state index in [1.807, 2.05) is 88.0 Å². The van der Waals surface area contributed by atoms with Gasteiger partial charge in [-0.05, 0) is 79.5 Å². The lowest BCUT2D eigenvalue weighted by Gasteiger charge is -2.43. The fourth-order valence-corrected chi connectivity index (χ4v) is 12.9. The number of nitrogens with zero attached hydrogens (tertiary/aromatic N) is 8. The average molecular weight is 1090 g/mol. The number of aromatic nitrogens is 4. The maximum absolute atomic E-state index is 15.3. The Morgan fingerprint density at radius 2 is 1.09 bits per heavy atom. The number of piperazine rings is 2. The van der Waals surface area contributed by atoms with Crippen LogP contribution in [-0.4, -0.2) is 125 Å². The fourth-order valence-electron chi connectivity index (χ4n) is 12.9. The van der Waals surface area contributed by atoms with Crippen LogP contribution in [0.3, 0.4) is 0 Å². The smallest absolute Gasteiger partial charge is 0.422 e. The van der Waals surface area contributed by atoms with Gasteiger partial charge in [-0.3, -0.25) is 14.5 Å². The van der Waals surface area contributed by atoms with Crippen LogP contribution < -0.4 is 10.7 Å². The molecule has 14 nitrogen and oxygen atoms in total. The monoisotopic (exact) mass is 1090 g/mol. The first kappa shape index (κ1) is 54.3. The molecule has 2 saturated heterocycles. The van der Waals surface area contributed by atoms with Crippen molar-refractivity contribution in [2.24, 2.45) is 0 Å². The van der Waals surface area contributed by atoms with Crippen molar-refractivity contribution in [2.45, 2.75) is 107 Å². The molecule has 0 bridgehead atoms. The van der Waals surface area contributed by atoms with Crippen molar-refractivity contribution >= 4 is 17.9 Å². The van der Waals surface area contributed by atoms with Crippen LogP contribution >= 0.6 is 0 Å². The molecule has 0 radical (unpaired) electrons. The second-order valence-corrected chi connectivity index (χ2v) is 21.8. The van der Waals surface area contributed by atoms with Gasteiger partial charge < -0.3 is 29.4 Å². The lowest BCUT2D eigenvalue weighted by molar-refractivity contribution is 0.0310. The molecule has 80 heavy (non-hydrogen) atoms. The van der Waals surface area contributed by atoms with Crippen LogP contribution in [0.4, 0.5) is 22.4 Å². The SMILES string of the molecule is O=C(c1ncn([C@H]2CCCC[C@@H]2NN(C(=O)O)[C@H]2CCCC[C@@H]2n2cnc(C(=O)N3CCNC[C@H]3Cc3cc(F)cc(F)c3)c2-c2ccccc2)c1-c1ccccc1)N1CCN(Cc2ccccc2)C[C@H]1Cc1cc(F)cc(F)c1. The first-order valence-corrected chi connectivity index (χ1v) is 28.0. The van der Waals surface area contributed by atoms with Crippen molar-refractivity contribution in [3.05, 3.63) is 191 Å². The van der Waals surface area contributed by atoms with E-state index in [-0.39, 0.29) is 42.1 Å². The summed E-state index contributed by atoms with van der Waals surface area (Å²) >= 11 is 0. The molecule has 0 unspecified atom stereocenters. The van der Waals surface area contributed by atoms with Crippen molar-refractivity contribution < 1.29 is 37.1 Å². The van der Waals surface area contributed by atoms with Crippen LogP contribution in [0.1, 0.15) is 101 Å². The maximum Gasteiger partial charge on any atom is 0.422 e. The molecule has 4 fully saturated rings. The first-order chi connectivity index (χ1) is 38.9. The average Bonchev–Trinajstić information content (AvgIpc) is 4.24. The van der Waals surface area contributed by atoms with Gasteiger partial charge in [0.25, 0.3) is 11.8 Å². The molecular weight excluding hydrogens is 1020 g/mol. The van der Waals surface area contributed by atoms with E-state index in [9.17, 15) is 32.3 Å². The molecule has 6 atom stereocenters. The van der Waals surface area contributed by atoms with Crippen molar-refractivity contribution in [1.29, 1.82) is 0 Å². The molecule has 18 heteroatoms. The first-order valence-electron chi connectivity index (χ1n) is 28.0. The van der Waals surface area contributed by atoms with Gasteiger partial charge in [0.15, 0.2) is 11.4 Å². The molecule has 2 aliphatic carbocycles. The molecule has 0 spiro atoms. The number of carbonyl (C=O) groups excluding carboxylic acids is 2. The third kappa shape index (κ3) is 11.9. The van der Waals surface area contributed by atoms with E-state index in [0.717, 1.165) is 54.5 Å². The van der Waals surface area contributed by atoms with Crippen LogP contribution in [-0.2, 0) is 19.4 Å². The lowest BCUT2D eigenvalue weighted by atomic mass is 9.88. The number of hydrogen-bond acceptors (Lipinski definition) is 8. The summed E-state index contributed by atoms with van der Waals surface area (Å²) in [4.78, 5) is 59.7. The van der Waals surface area contributed by atoms with Gasteiger partial charge in [-0.1, -0.05) is 117 Å². The minimum atomic E-state index is -1.15. The Bertz CT molecular complexity index is 3250. The van der Waals surface area contributed by atoms with Gasteiger partial charge in [0, 0.05) is 87.2 Å². The number of carboxylic acid groups (broad SMARTS) is 1. The topological polar surface area (TPSA) is 144 Å². The molecule has 11 rings (SSSR count). The summed E-state index contributed by atoms with van der Waals surface area (Å²) < 4.78 is 62.1. The summed E-state index contributed by atoms with van der Waals surface area (Å²) in [7, 11) is 0. The molecule has 7 aromatic rings. The van der Waals surface area contributed by atoms with Gasteiger partial charge >= 0.3 is 6.09 Å². The Kier molecular flexibility index (Phi) is 16.5. The molecule has 416 valence electrons. The number of halogens is 4.